The molecule has 0 amide bonds. The van der Waals surface area contributed by atoms with Gasteiger partial charge >= 0.3 is 0 Å². The van der Waals surface area contributed by atoms with E-state index in [4.69, 9.17) is 0 Å². The van der Waals surface area contributed by atoms with E-state index < -0.39 is 0 Å². The molecule has 1 unspecified atom stereocenters. The standard InChI is InChI=1S/C17H26N6/c1-12(2)16(22-7-3-4-8-22)10-18-15-9-14(13-5-6-13)21-23-11-19-20-17(15)23/h9,11-13,16,18H,3-8,10H2,1-2H3. The maximum absolute atomic E-state index is 4.64. The number of hydrogen-bond donors (Lipinski definition) is 1. The Morgan fingerprint density at radius 1 is 1.26 bits per heavy atom. The van der Waals surface area contributed by atoms with Gasteiger partial charge in [0.25, 0.3) is 0 Å². The van der Waals surface area contributed by atoms with E-state index in [1.165, 1.54) is 44.5 Å². The van der Waals surface area contributed by atoms with Crippen molar-refractivity contribution in [3.8, 4) is 0 Å². The van der Waals surface area contributed by atoms with Gasteiger partial charge in [-0.15, -0.1) is 10.2 Å². The van der Waals surface area contributed by atoms with Crippen molar-refractivity contribution >= 4 is 11.3 Å². The van der Waals surface area contributed by atoms with Crippen LogP contribution in [0.25, 0.3) is 5.65 Å². The summed E-state index contributed by atoms with van der Waals surface area (Å²) in [4.78, 5) is 2.63. The average molecular weight is 314 g/mol. The van der Waals surface area contributed by atoms with E-state index in [0.717, 1.165) is 17.9 Å². The van der Waals surface area contributed by atoms with Crippen LogP contribution in [0.1, 0.15) is 51.1 Å². The third-order valence-electron chi connectivity index (χ3n) is 5.16. The molecule has 1 aliphatic heterocycles. The Morgan fingerprint density at radius 3 is 2.74 bits per heavy atom. The van der Waals surface area contributed by atoms with Gasteiger partial charge in [0.15, 0.2) is 0 Å². The predicted octanol–water partition coefficient (Wildman–Crippen LogP) is 2.53. The Morgan fingerprint density at radius 2 is 2.04 bits per heavy atom. The molecular weight excluding hydrogens is 288 g/mol. The lowest BCUT2D eigenvalue weighted by Crippen LogP contribution is -2.42. The fraction of sp³-hybridized carbons (Fsp3) is 0.706. The second kappa shape index (κ2) is 6.07. The first-order valence-electron chi connectivity index (χ1n) is 8.91. The normalized spacial score (nSPS) is 20.5. The smallest absolute Gasteiger partial charge is 0.200 e. The molecule has 2 aromatic heterocycles. The van der Waals surface area contributed by atoms with E-state index in [1.807, 2.05) is 4.52 Å². The van der Waals surface area contributed by atoms with Crippen molar-refractivity contribution in [2.75, 3.05) is 25.0 Å². The van der Waals surface area contributed by atoms with Gasteiger partial charge in [0.05, 0.1) is 11.4 Å². The minimum absolute atomic E-state index is 0.568. The molecule has 1 atom stereocenters. The summed E-state index contributed by atoms with van der Waals surface area (Å²) >= 11 is 0. The quantitative estimate of drug-likeness (QED) is 0.888. The Kier molecular flexibility index (Phi) is 3.93. The van der Waals surface area contributed by atoms with Crippen molar-refractivity contribution in [1.29, 1.82) is 0 Å². The van der Waals surface area contributed by atoms with E-state index in [0.29, 0.717) is 17.9 Å². The van der Waals surface area contributed by atoms with Gasteiger partial charge in [-0.05, 0) is 50.8 Å². The number of aromatic nitrogens is 4. The summed E-state index contributed by atoms with van der Waals surface area (Å²) in [5, 5.41) is 16.5. The second-order valence-electron chi connectivity index (χ2n) is 7.29. The number of rotatable bonds is 6. The first-order valence-corrected chi connectivity index (χ1v) is 8.91. The molecule has 4 rings (SSSR count). The van der Waals surface area contributed by atoms with Crippen molar-refractivity contribution in [1.82, 2.24) is 24.7 Å². The zero-order chi connectivity index (χ0) is 15.8. The predicted molar refractivity (Wildman–Crippen MR) is 90.7 cm³/mol. The highest BCUT2D eigenvalue weighted by atomic mass is 15.4. The van der Waals surface area contributed by atoms with Gasteiger partial charge in [-0.25, -0.2) is 0 Å². The molecule has 1 aliphatic carbocycles. The molecule has 0 bridgehead atoms. The minimum atomic E-state index is 0.568. The molecule has 0 radical (unpaired) electrons. The molecule has 2 aliphatic rings. The summed E-state index contributed by atoms with van der Waals surface area (Å²) in [7, 11) is 0. The summed E-state index contributed by atoms with van der Waals surface area (Å²) in [5.41, 5.74) is 3.07. The molecular formula is C17H26N6. The van der Waals surface area contributed by atoms with Crippen LogP contribution in [0.3, 0.4) is 0 Å². The van der Waals surface area contributed by atoms with Crippen molar-refractivity contribution in [2.24, 2.45) is 5.92 Å². The van der Waals surface area contributed by atoms with Gasteiger partial charge in [-0.1, -0.05) is 13.8 Å². The number of anilines is 1. The number of nitrogens with zero attached hydrogens (tertiary/aromatic N) is 5. The van der Waals surface area contributed by atoms with Gasteiger partial charge in [0, 0.05) is 18.5 Å². The van der Waals surface area contributed by atoms with E-state index in [1.54, 1.807) is 6.33 Å². The SMILES string of the molecule is CC(C)C(CNc1cc(C2CC2)nn2cnnc12)N1CCCC1. The van der Waals surface area contributed by atoms with E-state index in [9.17, 15) is 0 Å². The molecule has 124 valence electrons. The van der Waals surface area contributed by atoms with Crippen LogP contribution in [0.15, 0.2) is 12.4 Å². The average Bonchev–Trinajstić information content (AvgIpc) is 3.05. The Labute approximate surface area is 137 Å². The summed E-state index contributed by atoms with van der Waals surface area (Å²) in [6, 6.07) is 2.75. The van der Waals surface area contributed by atoms with Crippen molar-refractivity contribution < 1.29 is 0 Å². The number of hydrogen-bond acceptors (Lipinski definition) is 5. The molecule has 1 saturated heterocycles. The Hall–Kier alpha value is -1.69. The number of fused-ring (bicyclic) bond motifs is 1. The fourth-order valence-electron chi connectivity index (χ4n) is 3.63. The van der Waals surface area contributed by atoms with E-state index in [-0.39, 0.29) is 0 Å². The first-order chi connectivity index (χ1) is 11.2. The molecule has 6 nitrogen and oxygen atoms in total. The summed E-state index contributed by atoms with van der Waals surface area (Å²) in [6.07, 6.45) is 6.87. The van der Waals surface area contributed by atoms with Gasteiger partial charge < -0.3 is 5.32 Å². The molecule has 1 N–H and O–H groups in total. The third kappa shape index (κ3) is 3.04. The lowest BCUT2D eigenvalue weighted by Gasteiger charge is -2.31. The van der Waals surface area contributed by atoms with Crippen LogP contribution in [-0.4, -0.2) is 50.4 Å². The second-order valence-corrected chi connectivity index (χ2v) is 7.29. The van der Waals surface area contributed by atoms with Gasteiger partial charge in [0.1, 0.15) is 6.33 Å². The third-order valence-corrected chi connectivity index (χ3v) is 5.16. The maximum atomic E-state index is 4.64. The molecule has 0 aromatic carbocycles. The van der Waals surface area contributed by atoms with E-state index in [2.05, 4.69) is 45.4 Å². The lowest BCUT2D eigenvalue weighted by atomic mass is 10.0. The number of likely N-dealkylation sites (tertiary alicyclic amines) is 1. The zero-order valence-corrected chi connectivity index (χ0v) is 14.1. The highest BCUT2D eigenvalue weighted by Gasteiger charge is 2.28. The summed E-state index contributed by atoms with van der Waals surface area (Å²) in [6.45, 7) is 8.05. The summed E-state index contributed by atoms with van der Waals surface area (Å²) in [5.74, 6) is 1.26. The maximum Gasteiger partial charge on any atom is 0.200 e. The van der Waals surface area contributed by atoms with Crippen molar-refractivity contribution in [3.05, 3.63) is 18.1 Å². The molecule has 1 saturated carbocycles. The topological polar surface area (TPSA) is 58.4 Å². The van der Waals surface area contributed by atoms with Crippen LogP contribution in [0.2, 0.25) is 0 Å². The summed E-state index contributed by atoms with van der Waals surface area (Å²) < 4.78 is 1.82. The first kappa shape index (κ1) is 14.9. The highest BCUT2D eigenvalue weighted by Crippen LogP contribution is 2.39. The van der Waals surface area contributed by atoms with Crippen molar-refractivity contribution in [3.63, 3.8) is 0 Å². The van der Waals surface area contributed by atoms with Gasteiger partial charge in [-0.3, -0.25) is 4.90 Å². The van der Waals surface area contributed by atoms with Gasteiger partial charge in [-0.2, -0.15) is 9.61 Å². The molecule has 0 spiro atoms. The molecule has 3 heterocycles. The largest absolute Gasteiger partial charge is 0.380 e. The van der Waals surface area contributed by atoms with Crippen LogP contribution in [0, 0.1) is 5.92 Å². The monoisotopic (exact) mass is 314 g/mol. The fourth-order valence-corrected chi connectivity index (χ4v) is 3.63. The van der Waals surface area contributed by atoms with E-state index >= 15 is 0 Å². The van der Waals surface area contributed by atoms with Crippen LogP contribution in [0.4, 0.5) is 5.69 Å². The lowest BCUT2D eigenvalue weighted by molar-refractivity contribution is 0.201. The Bertz CT molecular complexity index is 669. The van der Waals surface area contributed by atoms with Crippen LogP contribution < -0.4 is 5.32 Å². The van der Waals surface area contributed by atoms with Gasteiger partial charge in [0.2, 0.25) is 5.65 Å². The Balaban J connectivity index is 1.55. The zero-order valence-electron chi connectivity index (χ0n) is 14.1. The van der Waals surface area contributed by atoms with Crippen LogP contribution >= 0.6 is 0 Å². The minimum Gasteiger partial charge on any atom is -0.380 e. The molecule has 6 heteroatoms. The van der Waals surface area contributed by atoms with Crippen molar-refractivity contribution in [2.45, 2.75) is 51.5 Å². The molecule has 2 aromatic rings. The highest BCUT2D eigenvalue weighted by molar-refractivity contribution is 5.67. The van der Waals surface area contributed by atoms with Crippen LogP contribution in [-0.2, 0) is 0 Å². The molecule has 23 heavy (non-hydrogen) atoms. The molecule has 2 fully saturated rings. The van der Waals surface area contributed by atoms with Crippen LogP contribution in [0.5, 0.6) is 0 Å². The number of nitrogens with one attached hydrogen (secondary N) is 1.